The normalized spacial score (nSPS) is 11.7. The molecule has 0 N–H and O–H groups in total. The van der Waals surface area contributed by atoms with Gasteiger partial charge in [-0.3, -0.25) is 4.98 Å². The number of pyridine rings is 1. The van der Waals surface area contributed by atoms with Gasteiger partial charge in [0.25, 0.3) is 0 Å². The van der Waals surface area contributed by atoms with E-state index in [1.54, 1.807) is 0 Å². The summed E-state index contributed by atoms with van der Waals surface area (Å²) in [6.07, 6.45) is -4.60. The zero-order valence-corrected chi connectivity index (χ0v) is 5.90. The number of aromatic nitrogens is 1. The molecule has 0 amide bonds. The van der Waals surface area contributed by atoms with Crippen molar-refractivity contribution in [3.05, 3.63) is 29.8 Å². The Labute approximate surface area is 66.0 Å². The first-order valence-corrected chi connectivity index (χ1v) is 3.15. The number of rotatable bonds is 1. The van der Waals surface area contributed by atoms with Gasteiger partial charge in [-0.05, 0) is 12.1 Å². The van der Waals surface area contributed by atoms with Gasteiger partial charge in [-0.25, -0.2) is 4.39 Å². The Balaban J connectivity index is 2.83. The van der Waals surface area contributed by atoms with Crippen molar-refractivity contribution < 1.29 is 17.6 Å². The molecule has 1 aromatic rings. The zero-order chi connectivity index (χ0) is 9.19. The van der Waals surface area contributed by atoms with Gasteiger partial charge in [-0.15, -0.1) is 0 Å². The molecule has 0 spiro atoms. The fourth-order valence-corrected chi connectivity index (χ4v) is 0.738. The Kier molecular flexibility index (Phi) is 2.30. The molecule has 0 saturated carbocycles. The fourth-order valence-electron chi connectivity index (χ4n) is 0.738. The van der Waals surface area contributed by atoms with E-state index < -0.39 is 24.1 Å². The highest BCUT2D eigenvalue weighted by molar-refractivity contribution is 5.07. The second-order valence-corrected chi connectivity index (χ2v) is 2.22. The summed E-state index contributed by atoms with van der Waals surface area (Å²) in [6.45, 7) is 0. The van der Waals surface area contributed by atoms with Gasteiger partial charge in [0.2, 0.25) is 0 Å². The van der Waals surface area contributed by atoms with Crippen LogP contribution in [0.4, 0.5) is 17.6 Å². The second-order valence-electron chi connectivity index (χ2n) is 2.22. The molecule has 5 heteroatoms. The molecular weight excluding hydrogens is 174 g/mol. The smallest absolute Gasteiger partial charge is 0.258 e. The summed E-state index contributed by atoms with van der Waals surface area (Å²) in [5.41, 5.74) is -0.565. The lowest BCUT2D eigenvalue weighted by molar-refractivity contribution is -0.128. The number of alkyl halides is 3. The van der Waals surface area contributed by atoms with Crippen molar-refractivity contribution in [1.29, 1.82) is 0 Å². The molecule has 0 fully saturated rings. The van der Waals surface area contributed by atoms with Gasteiger partial charge in [0, 0.05) is 6.20 Å². The SMILES string of the molecule is Fc1cccnc1CC(F)(F)F. The van der Waals surface area contributed by atoms with E-state index in [9.17, 15) is 17.6 Å². The second kappa shape index (κ2) is 3.08. The molecule has 0 radical (unpaired) electrons. The van der Waals surface area contributed by atoms with Crippen LogP contribution in [0.25, 0.3) is 0 Å². The van der Waals surface area contributed by atoms with Gasteiger partial charge in [0.1, 0.15) is 5.82 Å². The van der Waals surface area contributed by atoms with E-state index in [4.69, 9.17) is 0 Å². The molecule has 0 aliphatic rings. The molecule has 1 heterocycles. The Morgan fingerprint density at radius 2 is 2.00 bits per heavy atom. The third kappa shape index (κ3) is 2.48. The highest BCUT2D eigenvalue weighted by Gasteiger charge is 2.29. The third-order valence-electron chi connectivity index (χ3n) is 1.20. The van der Waals surface area contributed by atoms with E-state index in [2.05, 4.69) is 4.98 Å². The lowest BCUT2D eigenvalue weighted by Crippen LogP contribution is -2.13. The fraction of sp³-hybridized carbons (Fsp3) is 0.286. The molecule has 0 bridgehead atoms. The van der Waals surface area contributed by atoms with E-state index in [-0.39, 0.29) is 0 Å². The standard InChI is InChI=1S/C7H5F4N/c8-5-2-1-3-12-6(5)4-7(9,10)11/h1-3H,4H2. The van der Waals surface area contributed by atoms with Crippen LogP contribution < -0.4 is 0 Å². The molecule has 0 atom stereocenters. The molecule has 1 nitrogen and oxygen atoms in total. The summed E-state index contributed by atoms with van der Waals surface area (Å²) < 4.78 is 47.7. The summed E-state index contributed by atoms with van der Waals surface area (Å²) in [5.74, 6) is -0.921. The lowest BCUT2D eigenvalue weighted by Gasteiger charge is -2.05. The highest BCUT2D eigenvalue weighted by Crippen LogP contribution is 2.21. The molecule has 12 heavy (non-hydrogen) atoms. The summed E-state index contributed by atoms with van der Waals surface area (Å²) in [5, 5.41) is 0. The summed E-state index contributed by atoms with van der Waals surface area (Å²) >= 11 is 0. The molecule has 1 rings (SSSR count). The van der Waals surface area contributed by atoms with Crippen molar-refractivity contribution in [2.24, 2.45) is 0 Å². The quantitative estimate of drug-likeness (QED) is 0.603. The summed E-state index contributed by atoms with van der Waals surface area (Å²) in [4.78, 5) is 3.27. The van der Waals surface area contributed by atoms with Gasteiger partial charge in [0.15, 0.2) is 0 Å². The van der Waals surface area contributed by atoms with E-state index in [0.29, 0.717) is 0 Å². The van der Waals surface area contributed by atoms with Crippen molar-refractivity contribution in [2.45, 2.75) is 12.6 Å². The first-order valence-electron chi connectivity index (χ1n) is 3.15. The van der Waals surface area contributed by atoms with Gasteiger partial charge < -0.3 is 0 Å². The Morgan fingerprint density at radius 3 is 2.50 bits per heavy atom. The van der Waals surface area contributed by atoms with Crippen molar-refractivity contribution in [3.63, 3.8) is 0 Å². The van der Waals surface area contributed by atoms with Crippen molar-refractivity contribution in [3.8, 4) is 0 Å². The van der Waals surface area contributed by atoms with Crippen LogP contribution in [0.15, 0.2) is 18.3 Å². The molecule has 0 aromatic carbocycles. The maximum atomic E-state index is 12.6. The number of hydrogen-bond donors (Lipinski definition) is 0. The summed E-state index contributed by atoms with van der Waals surface area (Å²) in [6, 6.07) is 2.20. The van der Waals surface area contributed by atoms with E-state index in [1.807, 2.05) is 0 Å². The number of nitrogens with zero attached hydrogens (tertiary/aromatic N) is 1. The van der Waals surface area contributed by atoms with Gasteiger partial charge in [-0.2, -0.15) is 13.2 Å². The van der Waals surface area contributed by atoms with Crippen molar-refractivity contribution >= 4 is 0 Å². The van der Waals surface area contributed by atoms with Crippen LogP contribution in [-0.4, -0.2) is 11.2 Å². The van der Waals surface area contributed by atoms with Crippen LogP contribution in [0.2, 0.25) is 0 Å². The predicted octanol–water partition coefficient (Wildman–Crippen LogP) is 2.33. The third-order valence-corrected chi connectivity index (χ3v) is 1.20. The van der Waals surface area contributed by atoms with Crippen LogP contribution in [0.1, 0.15) is 5.69 Å². The highest BCUT2D eigenvalue weighted by atomic mass is 19.4. The van der Waals surface area contributed by atoms with Gasteiger partial charge in [0.05, 0.1) is 12.1 Å². The Hall–Kier alpha value is -1.13. The number of halogens is 4. The van der Waals surface area contributed by atoms with E-state index in [1.165, 1.54) is 6.07 Å². The topological polar surface area (TPSA) is 12.9 Å². The lowest BCUT2D eigenvalue weighted by atomic mass is 10.2. The molecular formula is C7H5F4N. The average Bonchev–Trinajstić information content (AvgIpc) is 1.91. The van der Waals surface area contributed by atoms with Crippen LogP contribution in [0, 0.1) is 5.82 Å². The summed E-state index contributed by atoms with van der Waals surface area (Å²) in [7, 11) is 0. The molecule has 0 saturated heterocycles. The number of hydrogen-bond acceptors (Lipinski definition) is 1. The van der Waals surface area contributed by atoms with Crippen LogP contribution in [0.5, 0.6) is 0 Å². The maximum Gasteiger partial charge on any atom is 0.394 e. The minimum absolute atomic E-state index is 0.565. The van der Waals surface area contributed by atoms with Gasteiger partial charge in [-0.1, -0.05) is 0 Å². The van der Waals surface area contributed by atoms with E-state index >= 15 is 0 Å². The average molecular weight is 179 g/mol. The zero-order valence-electron chi connectivity index (χ0n) is 5.90. The first kappa shape index (κ1) is 8.96. The van der Waals surface area contributed by atoms with Gasteiger partial charge >= 0.3 is 6.18 Å². The molecule has 1 aromatic heterocycles. The van der Waals surface area contributed by atoms with Crippen molar-refractivity contribution in [2.75, 3.05) is 0 Å². The van der Waals surface area contributed by atoms with E-state index in [0.717, 1.165) is 12.3 Å². The molecule has 0 unspecified atom stereocenters. The maximum absolute atomic E-state index is 12.6. The van der Waals surface area contributed by atoms with Crippen LogP contribution >= 0.6 is 0 Å². The largest absolute Gasteiger partial charge is 0.394 e. The van der Waals surface area contributed by atoms with Crippen LogP contribution in [-0.2, 0) is 6.42 Å². The Morgan fingerprint density at radius 1 is 1.33 bits per heavy atom. The minimum atomic E-state index is -4.41. The molecule has 66 valence electrons. The molecule has 0 aliphatic heterocycles. The predicted molar refractivity (Wildman–Crippen MR) is 34.0 cm³/mol. The molecule has 0 aliphatic carbocycles. The van der Waals surface area contributed by atoms with Crippen LogP contribution in [0.3, 0.4) is 0 Å². The van der Waals surface area contributed by atoms with Crippen molar-refractivity contribution in [1.82, 2.24) is 4.98 Å². The monoisotopic (exact) mass is 179 g/mol. The first-order chi connectivity index (χ1) is 5.49. The Bertz CT molecular complexity index is 268. The minimum Gasteiger partial charge on any atom is -0.258 e.